The number of anilines is 1. The van der Waals surface area contributed by atoms with Crippen molar-refractivity contribution in [3.63, 3.8) is 0 Å². The van der Waals surface area contributed by atoms with Gasteiger partial charge in [0.05, 0.1) is 11.3 Å². The Labute approximate surface area is 125 Å². The van der Waals surface area contributed by atoms with Gasteiger partial charge < -0.3 is 9.84 Å². The lowest BCUT2D eigenvalue weighted by Gasteiger charge is -2.28. The minimum absolute atomic E-state index is 0.455. The Hall–Kier alpha value is -2.25. The van der Waals surface area contributed by atoms with Crippen molar-refractivity contribution >= 4 is 17.7 Å². The SMILES string of the molecule is CC(C)(C)OC(=O)N(CC(=O)O)c1ccccc1C(F)(F)F. The van der Waals surface area contributed by atoms with Crippen molar-refractivity contribution in [2.24, 2.45) is 0 Å². The van der Waals surface area contributed by atoms with E-state index in [1.807, 2.05) is 0 Å². The zero-order valence-corrected chi connectivity index (χ0v) is 12.3. The van der Waals surface area contributed by atoms with E-state index >= 15 is 0 Å². The minimum atomic E-state index is -4.73. The number of rotatable bonds is 3. The average Bonchev–Trinajstić information content (AvgIpc) is 2.32. The van der Waals surface area contributed by atoms with Crippen molar-refractivity contribution in [3.05, 3.63) is 29.8 Å². The molecule has 0 radical (unpaired) electrons. The molecule has 0 aromatic heterocycles. The van der Waals surface area contributed by atoms with Gasteiger partial charge in [0.2, 0.25) is 0 Å². The number of hydrogen-bond acceptors (Lipinski definition) is 3. The Balaban J connectivity index is 3.29. The molecule has 1 aromatic carbocycles. The van der Waals surface area contributed by atoms with E-state index in [9.17, 15) is 22.8 Å². The second-order valence-electron chi connectivity index (χ2n) is 5.48. The van der Waals surface area contributed by atoms with E-state index in [4.69, 9.17) is 9.84 Å². The number of ether oxygens (including phenoxy) is 1. The summed E-state index contributed by atoms with van der Waals surface area (Å²) in [5, 5.41) is 8.86. The normalized spacial score (nSPS) is 11.9. The van der Waals surface area contributed by atoms with Gasteiger partial charge in [-0.05, 0) is 32.9 Å². The Kier molecular flexibility index (Phi) is 5.05. The fraction of sp³-hybridized carbons (Fsp3) is 0.429. The third kappa shape index (κ3) is 4.94. The van der Waals surface area contributed by atoms with Crippen LogP contribution in [0.2, 0.25) is 0 Å². The summed E-state index contributed by atoms with van der Waals surface area (Å²) >= 11 is 0. The molecule has 1 N–H and O–H groups in total. The van der Waals surface area contributed by atoms with Gasteiger partial charge in [0.15, 0.2) is 0 Å². The molecule has 0 aliphatic rings. The van der Waals surface area contributed by atoms with Crippen molar-refractivity contribution in [2.75, 3.05) is 11.4 Å². The monoisotopic (exact) mass is 319 g/mol. The van der Waals surface area contributed by atoms with E-state index < -0.39 is 41.6 Å². The Bertz CT molecular complexity index is 564. The van der Waals surface area contributed by atoms with Crippen LogP contribution in [0.1, 0.15) is 26.3 Å². The fourth-order valence-corrected chi connectivity index (χ4v) is 1.65. The van der Waals surface area contributed by atoms with E-state index in [1.54, 1.807) is 0 Å². The molecule has 0 aliphatic heterocycles. The summed E-state index contributed by atoms with van der Waals surface area (Å²) in [6.45, 7) is 3.64. The Morgan fingerprint density at radius 3 is 2.18 bits per heavy atom. The largest absolute Gasteiger partial charge is 0.480 e. The van der Waals surface area contributed by atoms with Crippen molar-refractivity contribution in [3.8, 4) is 0 Å². The number of carbonyl (C=O) groups excluding carboxylic acids is 1. The molecule has 0 atom stereocenters. The third-order valence-electron chi connectivity index (χ3n) is 2.41. The number of amides is 1. The molecule has 1 amide bonds. The van der Waals surface area contributed by atoms with Crippen LogP contribution in [-0.2, 0) is 15.7 Å². The molecule has 0 bridgehead atoms. The summed E-state index contributed by atoms with van der Waals surface area (Å²) in [5.41, 5.74) is -2.64. The third-order valence-corrected chi connectivity index (χ3v) is 2.41. The number of nitrogens with zero attached hydrogens (tertiary/aromatic N) is 1. The maximum absolute atomic E-state index is 13.0. The Morgan fingerprint density at radius 1 is 1.18 bits per heavy atom. The first kappa shape index (κ1) is 17.8. The lowest BCUT2D eigenvalue weighted by molar-refractivity contribution is -0.138. The quantitative estimate of drug-likeness (QED) is 0.925. The molecule has 8 heteroatoms. The van der Waals surface area contributed by atoms with Gasteiger partial charge in [-0.25, -0.2) is 4.79 Å². The van der Waals surface area contributed by atoms with E-state index in [1.165, 1.54) is 26.8 Å². The van der Waals surface area contributed by atoms with Crippen molar-refractivity contribution in [1.82, 2.24) is 0 Å². The first-order chi connectivity index (χ1) is 9.92. The summed E-state index contributed by atoms with van der Waals surface area (Å²) in [7, 11) is 0. The molecule has 122 valence electrons. The van der Waals surface area contributed by atoms with Crippen molar-refractivity contribution in [1.29, 1.82) is 0 Å². The summed E-state index contributed by atoms with van der Waals surface area (Å²) < 4.78 is 44.0. The summed E-state index contributed by atoms with van der Waals surface area (Å²) in [5.74, 6) is -1.46. The van der Waals surface area contributed by atoms with E-state index in [0.717, 1.165) is 18.2 Å². The highest BCUT2D eigenvalue weighted by atomic mass is 19.4. The Morgan fingerprint density at radius 2 is 1.73 bits per heavy atom. The molecular weight excluding hydrogens is 303 g/mol. The van der Waals surface area contributed by atoms with Gasteiger partial charge in [-0.2, -0.15) is 13.2 Å². The average molecular weight is 319 g/mol. The molecule has 0 spiro atoms. The lowest BCUT2D eigenvalue weighted by Crippen LogP contribution is -2.40. The highest BCUT2D eigenvalue weighted by Gasteiger charge is 2.37. The fourth-order valence-electron chi connectivity index (χ4n) is 1.65. The second-order valence-corrected chi connectivity index (χ2v) is 5.48. The molecule has 22 heavy (non-hydrogen) atoms. The highest BCUT2D eigenvalue weighted by Crippen LogP contribution is 2.36. The lowest BCUT2D eigenvalue weighted by atomic mass is 10.1. The van der Waals surface area contributed by atoms with Crippen LogP contribution in [0.4, 0.5) is 23.7 Å². The molecule has 0 saturated heterocycles. The van der Waals surface area contributed by atoms with Gasteiger partial charge in [0, 0.05) is 0 Å². The van der Waals surface area contributed by atoms with Gasteiger partial charge in [0.1, 0.15) is 12.1 Å². The van der Waals surface area contributed by atoms with Crippen LogP contribution >= 0.6 is 0 Å². The topological polar surface area (TPSA) is 66.8 Å². The number of aliphatic carboxylic acids is 1. The van der Waals surface area contributed by atoms with Crippen molar-refractivity contribution in [2.45, 2.75) is 32.5 Å². The number of carbonyl (C=O) groups is 2. The van der Waals surface area contributed by atoms with Gasteiger partial charge in [0.25, 0.3) is 0 Å². The first-order valence-corrected chi connectivity index (χ1v) is 6.30. The predicted molar refractivity (Wildman–Crippen MR) is 72.7 cm³/mol. The number of hydrogen-bond donors (Lipinski definition) is 1. The van der Waals surface area contributed by atoms with E-state index in [-0.39, 0.29) is 0 Å². The molecule has 0 aliphatic carbocycles. The van der Waals surface area contributed by atoms with Crippen molar-refractivity contribution < 1.29 is 32.6 Å². The molecule has 0 saturated carbocycles. The first-order valence-electron chi connectivity index (χ1n) is 6.30. The standard InChI is InChI=1S/C14H16F3NO4/c1-13(2,3)22-12(21)18(8-11(19)20)10-7-5-4-6-9(10)14(15,16)17/h4-7H,8H2,1-3H3,(H,19,20). The molecular formula is C14H16F3NO4. The minimum Gasteiger partial charge on any atom is -0.480 e. The number of para-hydroxylation sites is 1. The van der Waals surface area contributed by atoms with E-state index in [2.05, 4.69) is 0 Å². The maximum Gasteiger partial charge on any atom is 0.418 e. The number of carboxylic acid groups (broad SMARTS) is 1. The summed E-state index contributed by atoms with van der Waals surface area (Å²) in [6, 6.07) is 4.23. The van der Waals surface area contributed by atoms with Gasteiger partial charge in [-0.15, -0.1) is 0 Å². The van der Waals surface area contributed by atoms with Crippen LogP contribution in [0.3, 0.4) is 0 Å². The molecule has 1 aromatic rings. The molecule has 5 nitrogen and oxygen atoms in total. The van der Waals surface area contributed by atoms with Crippen LogP contribution in [0.5, 0.6) is 0 Å². The smallest absolute Gasteiger partial charge is 0.418 e. The molecule has 1 rings (SSSR count). The summed E-state index contributed by atoms with van der Waals surface area (Å²) in [4.78, 5) is 23.4. The van der Waals surface area contributed by atoms with Gasteiger partial charge in [-0.3, -0.25) is 9.69 Å². The number of benzene rings is 1. The van der Waals surface area contributed by atoms with Crippen LogP contribution in [0, 0.1) is 0 Å². The van der Waals surface area contributed by atoms with Crippen LogP contribution in [0.15, 0.2) is 24.3 Å². The van der Waals surface area contributed by atoms with E-state index in [0.29, 0.717) is 4.90 Å². The highest BCUT2D eigenvalue weighted by molar-refractivity contribution is 5.94. The number of alkyl halides is 3. The summed E-state index contributed by atoms with van der Waals surface area (Å²) in [6.07, 6.45) is -5.89. The molecule has 0 unspecified atom stereocenters. The zero-order chi connectivity index (χ0) is 17.1. The van der Waals surface area contributed by atoms with Crippen LogP contribution < -0.4 is 4.90 Å². The maximum atomic E-state index is 13.0. The molecule has 0 heterocycles. The van der Waals surface area contributed by atoms with Crippen LogP contribution in [0.25, 0.3) is 0 Å². The molecule has 0 fully saturated rings. The van der Waals surface area contributed by atoms with Gasteiger partial charge >= 0.3 is 18.2 Å². The van der Waals surface area contributed by atoms with Crippen LogP contribution in [-0.4, -0.2) is 29.3 Å². The predicted octanol–water partition coefficient (Wildman–Crippen LogP) is 3.53. The second kappa shape index (κ2) is 6.25. The number of halogens is 3. The van der Waals surface area contributed by atoms with Gasteiger partial charge in [-0.1, -0.05) is 12.1 Å². The number of carboxylic acids is 1. The zero-order valence-electron chi connectivity index (χ0n) is 12.3.